The molecule has 3 aliphatic heterocycles. The molecular weight excluding hydrogens is 660 g/mol. The van der Waals surface area contributed by atoms with Gasteiger partial charge in [-0.15, -0.1) is 0 Å². The normalized spacial score (nSPS) is 55.0. The minimum absolute atomic E-state index is 0.00102. The number of rotatable bonds is 7. The Morgan fingerprint density at radius 1 is 0.860 bits per heavy atom. The van der Waals surface area contributed by atoms with Crippen LogP contribution in [0.25, 0.3) is 0 Å². The van der Waals surface area contributed by atoms with Crippen molar-refractivity contribution in [3.05, 3.63) is 11.6 Å². The van der Waals surface area contributed by atoms with E-state index in [0.29, 0.717) is 38.5 Å². The van der Waals surface area contributed by atoms with Gasteiger partial charge in [-0.25, -0.2) is 4.79 Å². The maximum Gasteiger partial charge on any atom is 0.331 e. The highest BCUT2D eigenvalue weighted by atomic mass is 16.7. The van der Waals surface area contributed by atoms with Crippen molar-refractivity contribution in [2.45, 2.75) is 150 Å². The van der Waals surface area contributed by atoms with Gasteiger partial charge in [0.25, 0.3) is 0 Å². The van der Waals surface area contributed by atoms with Crippen LogP contribution in [0.2, 0.25) is 0 Å². The summed E-state index contributed by atoms with van der Waals surface area (Å²) >= 11 is 0. The number of aldehydes is 1. The fourth-order valence-corrected chi connectivity index (χ4v) is 11.3. The second-order valence-corrected chi connectivity index (χ2v) is 16.2. The number of hydrogen-bond acceptors (Lipinski definition) is 15. The summed E-state index contributed by atoms with van der Waals surface area (Å²) in [6.07, 6.45) is -8.63. The monoisotopic (exact) mass is 712 g/mol. The Balaban J connectivity index is 1.02. The van der Waals surface area contributed by atoms with Gasteiger partial charge >= 0.3 is 5.97 Å². The summed E-state index contributed by atoms with van der Waals surface area (Å²) in [5.74, 6) is -0.830. The van der Waals surface area contributed by atoms with E-state index in [2.05, 4.69) is 6.92 Å². The third kappa shape index (κ3) is 5.37. The lowest BCUT2D eigenvalue weighted by Gasteiger charge is -2.65. The van der Waals surface area contributed by atoms with Crippen LogP contribution in [-0.2, 0) is 33.3 Å². The van der Waals surface area contributed by atoms with E-state index in [-0.39, 0.29) is 43.2 Å². The van der Waals surface area contributed by atoms with E-state index in [4.69, 9.17) is 23.7 Å². The predicted octanol–water partition coefficient (Wildman–Crippen LogP) is -1.43. The van der Waals surface area contributed by atoms with Crippen molar-refractivity contribution in [1.82, 2.24) is 0 Å². The molecule has 4 aliphatic carbocycles. The summed E-state index contributed by atoms with van der Waals surface area (Å²) in [6.45, 7) is 3.22. The standard InChI is InChI=1S/C35H52O15/c1-16-29(50-31-27(42)25(40)24(39)22(13-36)49-31)26(41)28(43)30(47-16)48-18-3-8-33(15-37)20-4-7-32(2)19(17-11-23(38)46-14-17)6-10-35(32,45)21(20)5-9-34(33,44)12-18/h11,15-16,18-22,24-31,36,39-45H,3-10,12-14H2,1-2H3/t16-,18-,19?,20?,21?,22+,24+,25-,26-,27+,28+,29-,30-,31-,32?,33?,34-,35-/m0/s1. The number of ether oxygens (including phenoxy) is 5. The Labute approximate surface area is 290 Å². The predicted molar refractivity (Wildman–Crippen MR) is 167 cm³/mol. The molecule has 7 rings (SSSR count). The van der Waals surface area contributed by atoms with E-state index in [1.54, 1.807) is 13.0 Å². The molecular formula is C35H52O15. The van der Waals surface area contributed by atoms with Crippen LogP contribution >= 0.6 is 0 Å². The van der Waals surface area contributed by atoms with E-state index < -0.39 is 96.2 Å². The minimum atomic E-state index is -1.71. The zero-order chi connectivity index (χ0) is 36.0. The smallest absolute Gasteiger partial charge is 0.331 e. The maximum absolute atomic E-state index is 13.2. The number of carbonyl (C=O) groups excluding carboxylic acids is 2. The number of cyclic esters (lactones) is 1. The van der Waals surface area contributed by atoms with Crippen molar-refractivity contribution in [3.63, 3.8) is 0 Å². The largest absolute Gasteiger partial charge is 0.458 e. The van der Waals surface area contributed by atoms with Crippen LogP contribution in [0.4, 0.5) is 0 Å². The van der Waals surface area contributed by atoms with Gasteiger partial charge in [0.05, 0.1) is 35.4 Å². The molecule has 15 nitrogen and oxygen atoms in total. The van der Waals surface area contributed by atoms with E-state index in [9.17, 15) is 50.4 Å². The van der Waals surface area contributed by atoms with Crippen LogP contribution in [0.1, 0.15) is 71.6 Å². The van der Waals surface area contributed by atoms with Gasteiger partial charge < -0.3 is 69.3 Å². The number of hydrogen-bond donors (Lipinski definition) is 8. The highest BCUT2D eigenvalue weighted by Crippen LogP contribution is 2.70. The van der Waals surface area contributed by atoms with Gasteiger partial charge in [0.2, 0.25) is 0 Å². The molecule has 6 fully saturated rings. The molecule has 282 valence electrons. The van der Waals surface area contributed by atoms with Gasteiger partial charge in [-0.05, 0) is 81.6 Å². The fraction of sp³-hybridized carbons (Fsp3) is 0.886. The van der Waals surface area contributed by atoms with Crippen molar-refractivity contribution in [1.29, 1.82) is 0 Å². The van der Waals surface area contributed by atoms with Crippen molar-refractivity contribution in [3.8, 4) is 0 Å². The molecule has 0 aromatic heterocycles. The van der Waals surface area contributed by atoms with Crippen molar-refractivity contribution < 1.29 is 74.1 Å². The summed E-state index contributed by atoms with van der Waals surface area (Å²) in [4.78, 5) is 25.1. The van der Waals surface area contributed by atoms with Crippen LogP contribution in [0.15, 0.2) is 11.6 Å². The highest BCUT2D eigenvalue weighted by Gasteiger charge is 2.71. The number of fused-ring (bicyclic) bond motifs is 5. The molecule has 0 radical (unpaired) electrons. The Morgan fingerprint density at radius 2 is 1.56 bits per heavy atom. The third-order valence-corrected chi connectivity index (χ3v) is 14.1. The summed E-state index contributed by atoms with van der Waals surface area (Å²) in [7, 11) is 0. The molecule has 7 aliphatic rings. The fourth-order valence-electron chi connectivity index (χ4n) is 11.3. The Morgan fingerprint density at radius 3 is 2.24 bits per heavy atom. The molecule has 4 saturated carbocycles. The summed E-state index contributed by atoms with van der Waals surface area (Å²) < 4.78 is 28.4. The van der Waals surface area contributed by atoms with Crippen LogP contribution < -0.4 is 0 Å². The molecule has 15 heteroatoms. The molecule has 8 N–H and O–H groups in total. The quantitative estimate of drug-likeness (QED) is 0.0858. The van der Waals surface area contributed by atoms with Gasteiger partial charge in [0, 0.05) is 17.9 Å². The Hall–Kier alpha value is -1.60. The Kier molecular flexibility index (Phi) is 9.60. The van der Waals surface area contributed by atoms with Crippen molar-refractivity contribution in [2.24, 2.45) is 28.6 Å². The average molecular weight is 713 g/mol. The third-order valence-electron chi connectivity index (χ3n) is 14.1. The molecule has 0 aromatic carbocycles. The highest BCUT2D eigenvalue weighted by molar-refractivity contribution is 5.85. The van der Waals surface area contributed by atoms with Crippen LogP contribution in [0.3, 0.4) is 0 Å². The van der Waals surface area contributed by atoms with E-state index >= 15 is 0 Å². The average Bonchev–Trinajstić information content (AvgIpc) is 3.64. The maximum atomic E-state index is 13.2. The summed E-state index contributed by atoms with van der Waals surface area (Å²) in [6, 6.07) is 0. The minimum Gasteiger partial charge on any atom is -0.458 e. The lowest BCUT2D eigenvalue weighted by molar-refractivity contribution is -0.361. The molecule has 0 bridgehead atoms. The first-order valence-electron chi connectivity index (χ1n) is 18.0. The van der Waals surface area contributed by atoms with Crippen LogP contribution in [0, 0.1) is 28.6 Å². The van der Waals surface area contributed by atoms with Gasteiger partial charge in [-0.2, -0.15) is 0 Å². The second-order valence-electron chi connectivity index (χ2n) is 16.2. The van der Waals surface area contributed by atoms with E-state index in [0.717, 1.165) is 18.3 Å². The lowest BCUT2D eigenvalue weighted by Crippen LogP contribution is -2.69. The zero-order valence-electron chi connectivity index (χ0n) is 28.5. The number of esters is 1. The number of aliphatic hydroxyl groups is 8. The van der Waals surface area contributed by atoms with Crippen molar-refractivity contribution in [2.75, 3.05) is 13.2 Å². The number of aliphatic hydroxyl groups excluding tert-OH is 6. The van der Waals surface area contributed by atoms with E-state index in [1.165, 1.54) is 0 Å². The zero-order valence-corrected chi connectivity index (χ0v) is 28.5. The number of carbonyl (C=O) groups is 2. The van der Waals surface area contributed by atoms with Crippen LogP contribution in [0.5, 0.6) is 0 Å². The van der Waals surface area contributed by atoms with Crippen LogP contribution in [-0.4, -0.2) is 145 Å². The molecule has 2 saturated heterocycles. The molecule has 50 heavy (non-hydrogen) atoms. The van der Waals surface area contributed by atoms with E-state index in [1.807, 2.05) is 0 Å². The SMILES string of the molecule is C[C@@H]1O[C@@H](O[C@H]2CCC3(C=O)C4CCC5(C)C(C6=CC(=O)OC6)CC[C@]5(O)C4CC[C@]3(O)C2)[C@H](O)[C@H](O)[C@H]1O[C@@H]1O[C@H](CO)[C@@H](O)[C@H](O)[C@H]1O. The molecule has 3 heterocycles. The first-order valence-corrected chi connectivity index (χ1v) is 18.0. The molecule has 5 unspecified atom stereocenters. The summed E-state index contributed by atoms with van der Waals surface area (Å²) in [5.41, 5.74) is -3.20. The van der Waals surface area contributed by atoms with Gasteiger partial charge in [-0.3, -0.25) is 0 Å². The molecule has 18 atom stereocenters. The van der Waals surface area contributed by atoms with Crippen molar-refractivity contribution >= 4 is 12.3 Å². The first-order chi connectivity index (χ1) is 23.6. The first kappa shape index (κ1) is 36.7. The molecule has 0 spiro atoms. The molecule has 0 aromatic rings. The topological polar surface area (TPSA) is 242 Å². The lowest BCUT2D eigenvalue weighted by atomic mass is 9.41. The van der Waals surface area contributed by atoms with Gasteiger partial charge in [0.15, 0.2) is 12.6 Å². The van der Waals surface area contributed by atoms with Gasteiger partial charge in [-0.1, -0.05) is 6.92 Å². The summed E-state index contributed by atoms with van der Waals surface area (Å²) in [5, 5.41) is 87.0. The van der Waals surface area contributed by atoms with Gasteiger partial charge in [0.1, 0.15) is 55.6 Å². The Bertz CT molecular complexity index is 1340. The molecule has 0 amide bonds. The second kappa shape index (κ2) is 13.1.